The molecule has 0 spiro atoms. The summed E-state index contributed by atoms with van der Waals surface area (Å²) in [5.41, 5.74) is -0.704. The smallest absolute Gasteiger partial charge is 0.345 e. The van der Waals surface area contributed by atoms with E-state index in [2.05, 4.69) is 16.0 Å². The van der Waals surface area contributed by atoms with Crippen LogP contribution in [-0.4, -0.2) is 24.0 Å². The Kier molecular flexibility index (Phi) is 4.49. The average molecular weight is 355 g/mol. The maximum absolute atomic E-state index is 12.7. The van der Waals surface area contributed by atoms with E-state index in [0.717, 1.165) is 18.6 Å². The number of benzene rings is 1. The lowest BCUT2D eigenvalue weighted by Crippen LogP contribution is -2.62. The second kappa shape index (κ2) is 6.33. The second-order valence-electron chi connectivity index (χ2n) is 6.71. The van der Waals surface area contributed by atoms with Crippen LogP contribution in [0.1, 0.15) is 43.7 Å². The first-order valence-corrected chi connectivity index (χ1v) is 8.25. The van der Waals surface area contributed by atoms with E-state index < -0.39 is 23.3 Å². The number of nitrogens with one attached hydrogen (secondary N) is 3. The molecule has 25 heavy (non-hydrogen) atoms. The molecule has 3 N–H and O–H groups in total. The van der Waals surface area contributed by atoms with Crippen molar-refractivity contribution in [1.82, 2.24) is 16.0 Å². The zero-order valence-corrected chi connectivity index (χ0v) is 13.7. The van der Waals surface area contributed by atoms with Crippen molar-refractivity contribution >= 4 is 11.8 Å². The fourth-order valence-electron chi connectivity index (χ4n) is 3.37. The fourth-order valence-corrected chi connectivity index (χ4v) is 3.37. The monoisotopic (exact) mass is 355 g/mol. The van der Waals surface area contributed by atoms with Crippen molar-refractivity contribution in [3.8, 4) is 0 Å². The molecule has 136 valence electrons. The summed E-state index contributed by atoms with van der Waals surface area (Å²) in [7, 11) is 0. The molecular formula is C17H20F3N3O2. The lowest BCUT2D eigenvalue weighted by molar-refractivity contribution is -0.137. The van der Waals surface area contributed by atoms with Gasteiger partial charge in [-0.05, 0) is 43.9 Å². The molecule has 2 fully saturated rings. The first-order valence-electron chi connectivity index (χ1n) is 8.25. The molecule has 1 heterocycles. The standard InChI is InChI=1S/C17H20F3N3O2/c1-10-21-13(9-14(24)22-10)15(25)23-16(7-2-8-16)11-3-5-12(6-4-11)17(18,19)20/h3-6,10,13,21H,2,7-9H2,1H3,(H,22,24)(H,23,25). The van der Waals surface area contributed by atoms with E-state index in [-0.39, 0.29) is 24.4 Å². The number of halogens is 3. The SMILES string of the molecule is CC1NC(=O)CC(C(=O)NC2(c3ccc(C(F)(F)F)cc3)CCC2)N1. The molecule has 2 unspecified atom stereocenters. The normalized spacial score (nSPS) is 25.7. The van der Waals surface area contributed by atoms with Gasteiger partial charge in [-0.3, -0.25) is 14.9 Å². The zero-order valence-electron chi connectivity index (χ0n) is 13.7. The van der Waals surface area contributed by atoms with Gasteiger partial charge in [0.2, 0.25) is 11.8 Å². The number of hydrogen-bond acceptors (Lipinski definition) is 3. The van der Waals surface area contributed by atoms with E-state index in [1.165, 1.54) is 12.1 Å². The van der Waals surface area contributed by atoms with E-state index in [0.29, 0.717) is 18.4 Å². The Bertz CT molecular complexity index is 669. The third-order valence-corrected chi connectivity index (χ3v) is 4.87. The Morgan fingerprint density at radius 2 is 1.88 bits per heavy atom. The molecule has 0 radical (unpaired) electrons. The Balaban J connectivity index is 1.75. The maximum Gasteiger partial charge on any atom is 0.416 e. The predicted octanol–water partition coefficient (Wildman–Crippen LogP) is 2.02. The van der Waals surface area contributed by atoms with Gasteiger partial charge in [-0.15, -0.1) is 0 Å². The van der Waals surface area contributed by atoms with Gasteiger partial charge in [0, 0.05) is 0 Å². The molecular weight excluding hydrogens is 335 g/mol. The van der Waals surface area contributed by atoms with Crippen LogP contribution in [-0.2, 0) is 21.3 Å². The topological polar surface area (TPSA) is 70.2 Å². The lowest BCUT2D eigenvalue weighted by Gasteiger charge is -2.44. The van der Waals surface area contributed by atoms with E-state index >= 15 is 0 Å². The van der Waals surface area contributed by atoms with Gasteiger partial charge in [-0.2, -0.15) is 13.2 Å². The molecule has 3 rings (SSSR count). The van der Waals surface area contributed by atoms with Gasteiger partial charge < -0.3 is 10.6 Å². The van der Waals surface area contributed by atoms with E-state index in [1.54, 1.807) is 6.92 Å². The van der Waals surface area contributed by atoms with Gasteiger partial charge in [-0.25, -0.2) is 0 Å². The highest BCUT2D eigenvalue weighted by molar-refractivity contribution is 5.90. The van der Waals surface area contributed by atoms with Gasteiger partial charge in [0.15, 0.2) is 0 Å². The number of carbonyl (C=O) groups excluding carboxylic acids is 2. The van der Waals surface area contributed by atoms with Crippen LogP contribution >= 0.6 is 0 Å². The minimum absolute atomic E-state index is 0.0409. The third kappa shape index (κ3) is 3.63. The Morgan fingerprint density at radius 3 is 2.36 bits per heavy atom. The average Bonchev–Trinajstić information content (AvgIpc) is 2.49. The molecule has 8 heteroatoms. The number of rotatable bonds is 3. The van der Waals surface area contributed by atoms with Crippen LogP contribution in [0.25, 0.3) is 0 Å². The molecule has 1 aliphatic heterocycles. The van der Waals surface area contributed by atoms with Gasteiger partial charge in [0.1, 0.15) is 0 Å². The summed E-state index contributed by atoms with van der Waals surface area (Å²) in [6.07, 6.45) is -2.43. The van der Waals surface area contributed by atoms with Gasteiger partial charge in [-0.1, -0.05) is 12.1 Å². The molecule has 2 aliphatic rings. The summed E-state index contributed by atoms with van der Waals surface area (Å²) < 4.78 is 38.2. The summed E-state index contributed by atoms with van der Waals surface area (Å²) >= 11 is 0. The highest BCUT2D eigenvalue weighted by atomic mass is 19.4. The summed E-state index contributed by atoms with van der Waals surface area (Å²) in [6, 6.07) is 4.28. The number of alkyl halides is 3. The fraction of sp³-hybridized carbons (Fsp3) is 0.529. The number of amides is 2. The molecule has 1 aliphatic carbocycles. The number of carbonyl (C=O) groups is 2. The van der Waals surface area contributed by atoms with Crippen molar-refractivity contribution in [3.63, 3.8) is 0 Å². The first-order chi connectivity index (χ1) is 11.7. The minimum atomic E-state index is -4.38. The van der Waals surface area contributed by atoms with Crippen LogP contribution in [0.5, 0.6) is 0 Å². The van der Waals surface area contributed by atoms with Crippen molar-refractivity contribution in [3.05, 3.63) is 35.4 Å². The van der Waals surface area contributed by atoms with E-state index in [1.807, 2.05) is 0 Å². The molecule has 1 aromatic rings. The summed E-state index contributed by atoms with van der Waals surface area (Å²) in [5.74, 6) is -0.509. The Labute approximate surface area is 143 Å². The van der Waals surface area contributed by atoms with Crippen LogP contribution in [0.4, 0.5) is 13.2 Å². The molecule has 0 bridgehead atoms. The first kappa shape index (κ1) is 17.7. The van der Waals surface area contributed by atoms with Gasteiger partial charge in [0.05, 0.1) is 29.7 Å². The second-order valence-corrected chi connectivity index (χ2v) is 6.71. The van der Waals surface area contributed by atoms with Crippen molar-refractivity contribution in [2.75, 3.05) is 0 Å². The molecule has 2 amide bonds. The van der Waals surface area contributed by atoms with Crippen LogP contribution in [0.3, 0.4) is 0 Å². The summed E-state index contributed by atoms with van der Waals surface area (Å²) in [5, 5.41) is 8.63. The highest BCUT2D eigenvalue weighted by Crippen LogP contribution is 2.42. The van der Waals surface area contributed by atoms with Crippen molar-refractivity contribution in [1.29, 1.82) is 0 Å². The van der Waals surface area contributed by atoms with Crippen LogP contribution in [0, 0.1) is 0 Å². The van der Waals surface area contributed by atoms with Crippen molar-refractivity contribution in [2.24, 2.45) is 0 Å². The summed E-state index contributed by atoms with van der Waals surface area (Å²) in [6.45, 7) is 1.74. The maximum atomic E-state index is 12.7. The Morgan fingerprint density at radius 1 is 1.24 bits per heavy atom. The van der Waals surface area contributed by atoms with Crippen LogP contribution < -0.4 is 16.0 Å². The molecule has 2 atom stereocenters. The summed E-state index contributed by atoms with van der Waals surface area (Å²) in [4.78, 5) is 24.2. The van der Waals surface area contributed by atoms with E-state index in [9.17, 15) is 22.8 Å². The number of hydrogen-bond donors (Lipinski definition) is 3. The van der Waals surface area contributed by atoms with Gasteiger partial charge in [0.25, 0.3) is 0 Å². The van der Waals surface area contributed by atoms with Crippen LogP contribution in [0.2, 0.25) is 0 Å². The molecule has 1 saturated carbocycles. The minimum Gasteiger partial charge on any atom is -0.345 e. The van der Waals surface area contributed by atoms with Gasteiger partial charge >= 0.3 is 6.18 Å². The zero-order chi connectivity index (χ0) is 18.2. The lowest BCUT2D eigenvalue weighted by atomic mass is 9.71. The molecule has 5 nitrogen and oxygen atoms in total. The molecule has 1 aromatic carbocycles. The predicted molar refractivity (Wildman–Crippen MR) is 84.3 cm³/mol. The largest absolute Gasteiger partial charge is 0.416 e. The van der Waals surface area contributed by atoms with E-state index in [4.69, 9.17) is 0 Å². The highest BCUT2D eigenvalue weighted by Gasteiger charge is 2.42. The van der Waals surface area contributed by atoms with Crippen molar-refractivity contribution in [2.45, 2.75) is 56.5 Å². The molecule has 0 aromatic heterocycles. The van der Waals surface area contributed by atoms with Crippen LogP contribution in [0.15, 0.2) is 24.3 Å². The third-order valence-electron chi connectivity index (χ3n) is 4.87. The van der Waals surface area contributed by atoms with Crippen molar-refractivity contribution < 1.29 is 22.8 Å². The molecule has 1 saturated heterocycles. The quantitative estimate of drug-likeness (QED) is 0.777. The Hall–Kier alpha value is -2.09.